The van der Waals surface area contributed by atoms with Crippen molar-refractivity contribution in [3.8, 4) is 0 Å². The summed E-state index contributed by atoms with van der Waals surface area (Å²) >= 11 is 0. The molecule has 136 valence electrons. The number of amides is 3. The number of likely N-dealkylation sites (tertiary alicyclic amines) is 1. The molecule has 2 N–H and O–H groups in total. The summed E-state index contributed by atoms with van der Waals surface area (Å²) in [6, 6.07) is 7.99. The average molecular weight is 344 g/mol. The van der Waals surface area contributed by atoms with Gasteiger partial charge in [-0.25, -0.2) is 4.79 Å². The fourth-order valence-corrected chi connectivity index (χ4v) is 3.68. The lowest BCUT2D eigenvalue weighted by Crippen LogP contribution is -2.55. The monoisotopic (exact) mass is 344 g/mol. The predicted octanol–water partition coefficient (Wildman–Crippen LogP) is 2.06. The molecule has 0 spiro atoms. The van der Waals surface area contributed by atoms with Crippen LogP contribution in [0.1, 0.15) is 25.3 Å². The summed E-state index contributed by atoms with van der Waals surface area (Å²) in [4.78, 5) is 29.1. The van der Waals surface area contributed by atoms with Crippen molar-refractivity contribution in [2.24, 2.45) is 5.92 Å². The van der Waals surface area contributed by atoms with Gasteiger partial charge in [-0.3, -0.25) is 4.79 Å². The molecule has 0 aliphatic carbocycles. The van der Waals surface area contributed by atoms with E-state index in [9.17, 15) is 9.59 Å². The second kappa shape index (κ2) is 7.87. The van der Waals surface area contributed by atoms with Crippen LogP contribution in [0.2, 0.25) is 0 Å². The van der Waals surface area contributed by atoms with Gasteiger partial charge in [-0.05, 0) is 44.4 Å². The first-order valence-corrected chi connectivity index (χ1v) is 9.17. The van der Waals surface area contributed by atoms with E-state index in [1.807, 2.05) is 36.1 Å². The largest absolute Gasteiger partial charge is 0.340 e. The highest BCUT2D eigenvalue weighted by Gasteiger charge is 2.32. The van der Waals surface area contributed by atoms with E-state index in [1.165, 1.54) is 0 Å². The summed E-state index contributed by atoms with van der Waals surface area (Å²) in [5.74, 6) is 0.115. The van der Waals surface area contributed by atoms with Crippen LogP contribution in [0.15, 0.2) is 24.3 Å². The number of hydrogen-bond acceptors (Lipinski definition) is 3. The summed E-state index contributed by atoms with van der Waals surface area (Å²) in [5.41, 5.74) is 1.91. The van der Waals surface area contributed by atoms with Gasteiger partial charge in [0.2, 0.25) is 5.91 Å². The minimum Gasteiger partial charge on any atom is -0.340 e. The first-order chi connectivity index (χ1) is 12.0. The van der Waals surface area contributed by atoms with Crippen LogP contribution in [-0.2, 0) is 4.79 Å². The van der Waals surface area contributed by atoms with Crippen LogP contribution < -0.4 is 10.6 Å². The predicted molar refractivity (Wildman–Crippen MR) is 98.5 cm³/mol. The zero-order valence-corrected chi connectivity index (χ0v) is 15.1. The molecule has 3 amide bonds. The van der Waals surface area contributed by atoms with Gasteiger partial charge in [0.15, 0.2) is 0 Å². The number of piperazine rings is 1. The lowest BCUT2D eigenvalue weighted by Gasteiger charge is -2.38. The molecule has 2 atom stereocenters. The standard InChI is InChI=1S/C19H28N4O2/c1-14-5-3-7-17(11-14)21-19(25)23-9-4-6-16(13-23)18(24)22-10-8-20-15(2)12-22/h3,5,7,11,15-16,20H,4,6,8-10,12-13H2,1-2H3,(H,21,25). The summed E-state index contributed by atoms with van der Waals surface area (Å²) in [5, 5.41) is 6.31. The average Bonchev–Trinajstić information content (AvgIpc) is 2.61. The normalized spacial score (nSPS) is 24.1. The van der Waals surface area contributed by atoms with Crippen LogP contribution in [0, 0.1) is 12.8 Å². The molecule has 1 aromatic carbocycles. The Kier molecular flexibility index (Phi) is 5.58. The Labute approximate surface area is 149 Å². The summed E-state index contributed by atoms with van der Waals surface area (Å²) < 4.78 is 0. The van der Waals surface area contributed by atoms with Gasteiger partial charge in [0.25, 0.3) is 0 Å². The molecule has 6 heteroatoms. The molecule has 3 rings (SSSR count). The zero-order valence-electron chi connectivity index (χ0n) is 15.1. The van der Waals surface area contributed by atoms with E-state index in [4.69, 9.17) is 0 Å². The fraction of sp³-hybridized carbons (Fsp3) is 0.579. The number of urea groups is 1. The van der Waals surface area contributed by atoms with Crippen molar-refractivity contribution >= 4 is 17.6 Å². The molecule has 1 aromatic rings. The number of benzene rings is 1. The molecule has 0 aromatic heterocycles. The third-order valence-electron chi connectivity index (χ3n) is 5.01. The first kappa shape index (κ1) is 17.7. The van der Waals surface area contributed by atoms with E-state index >= 15 is 0 Å². The Morgan fingerprint density at radius 3 is 2.80 bits per heavy atom. The quantitative estimate of drug-likeness (QED) is 0.863. The first-order valence-electron chi connectivity index (χ1n) is 9.17. The van der Waals surface area contributed by atoms with Crippen molar-refractivity contribution in [1.82, 2.24) is 15.1 Å². The van der Waals surface area contributed by atoms with Crippen LogP contribution in [0.3, 0.4) is 0 Å². The Hall–Kier alpha value is -2.08. The Morgan fingerprint density at radius 2 is 2.04 bits per heavy atom. The number of carbonyl (C=O) groups excluding carboxylic acids is 2. The van der Waals surface area contributed by atoms with E-state index < -0.39 is 0 Å². The van der Waals surface area contributed by atoms with Gasteiger partial charge in [-0.15, -0.1) is 0 Å². The van der Waals surface area contributed by atoms with Crippen LogP contribution in [-0.4, -0.2) is 60.5 Å². The van der Waals surface area contributed by atoms with Crippen molar-refractivity contribution in [2.45, 2.75) is 32.7 Å². The Balaban J connectivity index is 1.58. The molecule has 2 unspecified atom stereocenters. The molecular weight excluding hydrogens is 316 g/mol. The number of anilines is 1. The SMILES string of the molecule is Cc1cccc(NC(=O)N2CCCC(C(=O)N3CCNC(C)C3)C2)c1. The number of hydrogen-bond donors (Lipinski definition) is 2. The van der Waals surface area contributed by atoms with Crippen LogP contribution in [0.4, 0.5) is 10.5 Å². The molecule has 25 heavy (non-hydrogen) atoms. The van der Waals surface area contributed by atoms with Gasteiger partial charge in [0.1, 0.15) is 0 Å². The van der Waals surface area contributed by atoms with Gasteiger partial charge < -0.3 is 20.4 Å². The Morgan fingerprint density at radius 1 is 1.20 bits per heavy atom. The van der Waals surface area contributed by atoms with E-state index in [2.05, 4.69) is 17.6 Å². The van der Waals surface area contributed by atoms with Crippen LogP contribution >= 0.6 is 0 Å². The van der Waals surface area contributed by atoms with Crippen LogP contribution in [0.25, 0.3) is 0 Å². The number of nitrogens with zero attached hydrogens (tertiary/aromatic N) is 2. The highest BCUT2D eigenvalue weighted by atomic mass is 16.2. The number of piperidine rings is 1. The summed E-state index contributed by atoms with van der Waals surface area (Å²) in [6.07, 6.45) is 1.74. The molecule has 2 aliphatic heterocycles. The van der Waals surface area contributed by atoms with Crippen LogP contribution in [0.5, 0.6) is 0 Å². The van der Waals surface area contributed by atoms with Gasteiger partial charge in [0, 0.05) is 44.5 Å². The van der Waals surface area contributed by atoms with E-state index in [0.717, 1.165) is 43.7 Å². The fourth-order valence-electron chi connectivity index (χ4n) is 3.68. The molecule has 2 fully saturated rings. The number of nitrogens with one attached hydrogen (secondary N) is 2. The van der Waals surface area contributed by atoms with Crippen molar-refractivity contribution in [3.63, 3.8) is 0 Å². The lowest BCUT2D eigenvalue weighted by molar-refractivity contribution is -0.138. The highest BCUT2D eigenvalue weighted by Crippen LogP contribution is 2.21. The van der Waals surface area contributed by atoms with Crippen molar-refractivity contribution in [3.05, 3.63) is 29.8 Å². The minimum absolute atomic E-state index is 0.0812. The molecular formula is C19H28N4O2. The van der Waals surface area contributed by atoms with Gasteiger partial charge in [-0.1, -0.05) is 12.1 Å². The van der Waals surface area contributed by atoms with E-state index in [-0.39, 0.29) is 17.9 Å². The topological polar surface area (TPSA) is 64.7 Å². The number of aryl methyl sites for hydroxylation is 1. The zero-order chi connectivity index (χ0) is 17.8. The highest BCUT2D eigenvalue weighted by molar-refractivity contribution is 5.90. The van der Waals surface area contributed by atoms with Gasteiger partial charge >= 0.3 is 6.03 Å². The van der Waals surface area contributed by atoms with E-state index in [1.54, 1.807) is 4.90 Å². The minimum atomic E-state index is -0.114. The third-order valence-corrected chi connectivity index (χ3v) is 5.01. The van der Waals surface area contributed by atoms with Gasteiger partial charge in [0.05, 0.1) is 5.92 Å². The lowest BCUT2D eigenvalue weighted by atomic mass is 9.96. The Bertz CT molecular complexity index is 634. The summed E-state index contributed by atoms with van der Waals surface area (Å²) in [7, 11) is 0. The maximum Gasteiger partial charge on any atom is 0.321 e. The maximum atomic E-state index is 12.8. The molecule has 0 bridgehead atoms. The number of carbonyl (C=O) groups is 2. The van der Waals surface area contributed by atoms with E-state index in [0.29, 0.717) is 19.1 Å². The second-order valence-electron chi connectivity index (χ2n) is 7.22. The molecule has 0 radical (unpaired) electrons. The smallest absolute Gasteiger partial charge is 0.321 e. The molecule has 2 aliphatic rings. The third kappa shape index (κ3) is 4.51. The molecule has 0 saturated carbocycles. The number of rotatable bonds is 2. The molecule has 2 heterocycles. The van der Waals surface area contributed by atoms with Crippen molar-refractivity contribution in [1.29, 1.82) is 0 Å². The maximum absolute atomic E-state index is 12.8. The molecule has 2 saturated heterocycles. The van der Waals surface area contributed by atoms with Crippen molar-refractivity contribution < 1.29 is 9.59 Å². The van der Waals surface area contributed by atoms with Gasteiger partial charge in [-0.2, -0.15) is 0 Å². The summed E-state index contributed by atoms with van der Waals surface area (Å²) in [6.45, 7) is 7.67. The second-order valence-corrected chi connectivity index (χ2v) is 7.22. The molecule has 6 nitrogen and oxygen atoms in total. The van der Waals surface area contributed by atoms with Crippen molar-refractivity contribution in [2.75, 3.05) is 38.0 Å².